The molecule has 0 aliphatic rings. The molecular formula is C29H33Cl2N3O4S. The first-order valence-corrected chi connectivity index (χ1v) is 14.7. The third-order valence-corrected chi connectivity index (χ3v) is 8.38. The highest BCUT2D eigenvalue weighted by Gasteiger charge is 2.35. The highest BCUT2D eigenvalue weighted by atomic mass is 35.5. The number of anilines is 1. The van der Waals surface area contributed by atoms with Crippen LogP contribution in [0.15, 0.2) is 83.8 Å². The molecule has 0 fully saturated rings. The van der Waals surface area contributed by atoms with Crippen LogP contribution in [-0.2, 0) is 26.2 Å². The molecule has 3 rings (SSSR count). The molecule has 0 saturated heterocycles. The number of nitrogens with zero attached hydrogens (tertiary/aromatic N) is 2. The summed E-state index contributed by atoms with van der Waals surface area (Å²) in [6.45, 7) is 6.78. The molecule has 0 unspecified atom stereocenters. The SMILES string of the molecule is CC[C@H](C(=O)NC(C)(C)C)N(Cc1ccccc1Cl)C(=O)CN(c1ccccc1Cl)S(=O)(=O)c1ccccc1. The second kappa shape index (κ2) is 12.9. The van der Waals surface area contributed by atoms with Gasteiger partial charge in [-0.05, 0) is 63.1 Å². The van der Waals surface area contributed by atoms with E-state index in [9.17, 15) is 18.0 Å². The molecule has 0 saturated carbocycles. The Morgan fingerprint density at radius 3 is 2.00 bits per heavy atom. The minimum Gasteiger partial charge on any atom is -0.350 e. The van der Waals surface area contributed by atoms with Crippen LogP contribution in [0.25, 0.3) is 0 Å². The Labute approximate surface area is 240 Å². The standard InChI is InChI=1S/C29H33Cl2N3O4S/c1-5-25(28(36)32-29(2,3)4)33(19-21-13-9-10-16-23(21)30)27(35)20-34(26-18-12-11-17-24(26)31)39(37,38)22-14-7-6-8-15-22/h6-18,25H,5,19-20H2,1-4H3,(H,32,36)/t25-/m1/s1. The van der Waals surface area contributed by atoms with Gasteiger partial charge in [0.05, 0.1) is 15.6 Å². The Kier molecular flexibility index (Phi) is 10.0. The van der Waals surface area contributed by atoms with Crippen molar-refractivity contribution in [2.24, 2.45) is 0 Å². The molecule has 10 heteroatoms. The van der Waals surface area contributed by atoms with E-state index in [1.54, 1.807) is 67.6 Å². The van der Waals surface area contributed by atoms with E-state index in [1.807, 2.05) is 20.8 Å². The largest absolute Gasteiger partial charge is 0.350 e. The molecule has 0 bridgehead atoms. The average Bonchev–Trinajstić information content (AvgIpc) is 2.88. The first-order valence-electron chi connectivity index (χ1n) is 12.5. The summed E-state index contributed by atoms with van der Waals surface area (Å²) in [4.78, 5) is 28.8. The van der Waals surface area contributed by atoms with Gasteiger partial charge in [-0.2, -0.15) is 0 Å². The van der Waals surface area contributed by atoms with Gasteiger partial charge in [0.25, 0.3) is 10.0 Å². The van der Waals surface area contributed by atoms with Crippen molar-refractivity contribution in [1.29, 1.82) is 0 Å². The zero-order valence-corrected chi connectivity index (χ0v) is 24.7. The maximum absolute atomic E-state index is 14.1. The quantitative estimate of drug-likeness (QED) is 0.318. The molecule has 0 aliphatic carbocycles. The molecule has 0 heterocycles. The summed E-state index contributed by atoms with van der Waals surface area (Å²) < 4.78 is 28.6. The summed E-state index contributed by atoms with van der Waals surface area (Å²) in [5, 5.41) is 3.54. The normalized spacial score (nSPS) is 12.5. The average molecular weight is 591 g/mol. The Morgan fingerprint density at radius 1 is 0.872 bits per heavy atom. The lowest BCUT2D eigenvalue weighted by atomic mass is 10.1. The second-order valence-corrected chi connectivity index (χ2v) is 12.7. The van der Waals surface area contributed by atoms with Gasteiger partial charge in [-0.25, -0.2) is 8.42 Å². The fourth-order valence-corrected chi connectivity index (χ4v) is 6.01. The topological polar surface area (TPSA) is 86.8 Å². The summed E-state index contributed by atoms with van der Waals surface area (Å²) in [5.41, 5.74) is 0.245. The molecule has 1 atom stereocenters. The van der Waals surface area contributed by atoms with E-state index in [0.29, 0.717) is 17.0 Å². The molecule has 39 heavy (non-hydrogen) atoms. The van der Waals surface area contributed by atoms with Crippen molar-refractivity contribution in [2.45, 2.75) is 57.1 Å². The maximum Gasteiger partial charge on any atom is 0.264 e. The lowest BCUT2D eigenvalue weighted by molar-refractivity contribution is -0.141. The van der Waals surface area contributed by atoms with Crippen molar-refractivity contribution in [1.82, 2.24) is 10.2 Å². The predicted molar refractivity (Wildman–Crippen MR) is 156 cm³/mol. The first kappa shape index (κ1) is 30.5. The molecule has 1 N–H and O–H groups in total. The van der Waals surface area contributed by atoms with Crippen molar-refractivity contribution < 1.29 is 18.0 Å². The van der Waals surface area contributed by atoms with Crippen molar-refractivity contribution in [3.05, 3.63) is 94.5 Å². The van der Waals surface area contributed by atoms with Gasteiger partial charge in [0.1, 0.15) is 12.6 Å². The highest BCUT2D eigenvalue weighted by Crippen LogP contribution is 2.31. The van der Waals surface area contributed by atoms with Gasteiger partial charge in [0.2, 0.25) is 11.8 Å². The maximum atomic E-state index is 14.1. The summed E-state index contributed by atoms with van der Waals surface area (Å²) in [6.07, 6.45) is 0.301. The summed E-state index contributed by atoms with van der Waals surface area (Å²) in [6, 6.07) is 20.4. The van der Waals surface area contributed by atoms with Gasteiger partial charge in [-0.1, -0.05) is 78.7 Å². The number of carbonyl (C=O) groups is 2. The number of sulfonamides is 1. The predicted octanol–water partition coefficient (Wildman–Crippen LogP) is 5.91. The Balaban J connectivity index is 2.09. The molecule has 0 aliphatic heterocycles. The molecule has 0 aromatic heterocycles. The first-order chi connectivity index (χ1) is 18.3. The smallest absolute Gasteiger partial charge is 0.264 e. The van der Waals surface area contributed by atoms with Crippen LogP contribution in [0.5, 0.6) is 0 Å². The second-order valence-electron chi connectivity index (χ2n) is 10.1. The van der Waals surface area contributed by atoms with Crippen molar-refractivity contribution in [2.75, 3.05) is 10.8 Å². The van der Waals surface area contributed by atoms with Crippen molar-refractivity contribution in [3.8, 4) is 0 Å². The minimum absolute atomic E-state index is 0.00731. The van der Waals surface area contributed by atoms with Gasteiger partial charge in [0, 0.05) is 17.1 Å². The van der Waals surface area contributed by atoms with Crippen LogP contribution in [-0.4, -0.2) is 43.3 Å². The van der Waals surface area contributed by atoms with Gasteiger partial charge in [-0.15, -0.1) is 0 Å². The van der Waals surface area contributed by atoms with Crippen LogP contribution in [0.1, 0.15) is 39.7 Å². The molecule has 0 spiro atoms. The van der Waals surface area contributed by atoms with E-state index in [4.69, 9.17) is 23.2 Å². The number of para-hydroxylation sites is 1. The molecule has 3 aromatic rings. The lowest BCUT2D eigenvalue weighted by Gasteiger charge is -2.35. The summed E-state index contributed by atoms with van der Waals surface area (Å²) in [7, 11) is -4.19. The van der Waals surface area contributed by atoms with Gasteiger partial charge < -0.3 is 10.2 Å². The van der Waals surface area contributed by atoms with E-state index in [0.717, 1.165) is 4.31 Å². The minimum atomic E-state index is -4.19. The Hall–Kier alpha value is -3.07. The third-order valence-electron chi connectivity index (χ3n) is 5.91. The van der Waals surface area contributed by atoms with Crippen LogP contribution in [0.3, 0.4) is 0 Å². The van der Waals surface area contributed by atoms with E-state index in [2.05, 4.69) is 5.32 Å². The van der Waals surface area contributed by atoms with Gasteiger partial charge in [0.15, 0.2) is 0 Å². The molecule has 7 nitrogen and oxygen atoms in total. The monoisotopic (exact) mass is 589 g/mol. The number of benzene rings is 3. The number of amides is 2. The van der Waals surface area contributed by atoms with E-state index < -0.39 is 34.1 Å². The lowest BCUT2D eigenvalue weighted by Crippen LogP contribution is -2.55. The number of carbonyl (C=O) groups excluding carboxylic acids is 2. The number of nitrogens with one attached hydrogen (secondary N) is 1. The molecule has 2 amide bonds. The highest BCUT2D eigenvalue weighted by molar-refractivity contribution is 7.92. The Bertz CT molecular complexity index is 1410. The Morgan fingerprint density at radius 2 is 1.44 bits per heavy atom. The van der Waals surface area contributed by atoms with Crippen LogP contribution in [0.2, 0.25) is 10.0 Å². The van der Waals surface area contributed by atoms with Crippen LogP contribution < -0.4 is 9.62 Å². The number of hydrogen-bond acceptors (Lipinski definition) is 4. The fraction of sp³-hybridized carbons (Fsp3) is 0.310. The van der Waals surface area contributed by atoms with Gasteiger partial charge in [-0.3, -0.25) is 13.9 Å². The molecule has 3 aromatic carbocycles. The van der Waals surface area contributed by atoms with Gasteiger partial charge >= 0.3 is 0 Å². The fourth-order valence-electron chi connectivity index (χ4n) is 4.07. The third kappa shape index (κ3) is 7.75. The summed E-state index contributed by atoms with van der Waals surface area (Å²) in [5.74, 6) is -0.925. The van der Waals surface area contributed by atoms with Crippen LogP contribution >= 0.6 is 23.2 Å². The number of halogens is 2. The number of hydrogen-bond donors (Lipinski definition) is 1. The molecule has 0 radical (unpaired) electrons. The van der Waals surface area contributed by atoms with Crippen molar-refractivity contribution >= 4 is 50.7 Å². The zero-order valence-electron chi connectivity index (χ0n) is 22.4. The number of rotatable bonds is 10. The van der Waals surface area contributed by atoms with E-state index in [1.165, 1.54) is 23.1 Å². The van der Waals surface area contributed by atoms with Crippen molar-refractivity contribution in [3.63, 3.8) is 0 Å². The van der Waals surface area contributed by atoms with Crippen LogP contribution in [0, 0.1) is 0 Å². The molecular weight excluding hydrogens is 557 g/mol. The van der Waals surface area contributed by atoms with E-state index >= 15 is 0 Å². The van der Waals surface area contributed by atoms with Crippen LogP contribution in [0.4, 0.5) is 5.69 Å². The van der Waals surface area contributed by atoms with E-state index in [-0.39, 0.29) is 28.1 Å². The zero-order chi connectivity index (χ0) is 28.8. The molecule has 208 valence electrons. The summed E-state index contributed by atoms with van der Waals surface area (Å²) >= 11 is 12.8.